The number of pyridine rings is 1. The van der Waals surface area contributed by atoms with Crippen molar-refractivity contribution in [1.29, 1.82) is 0 Å². The Morgan fingerprint density at radius 3 is 2.86 bits per heavy atom. The molecule has 1 aromatic carbocycles. The minimum absolute atomic E-state index is 0.173. The summed E-state index contributed by atoms with van der Waals surface area (Å²) in [6.07, 6.45) is 2.62. The van der Waals surface area contributed by atoms with Crippen molar-refractivity contribution in [3.05, 3.63) is 64.6 Å². The van der Waals surface area contributed by atoms with Gasteiger partial charge in [0.05, 0.1) is 5.69 Å². The molecule has 1 N–H and O–H groups in total. The predicted molar refractivity (Wildman–Crippen MR) is 88.7 cm³/mol. The molecule has 0 spiro atoms. The van der Waals surface area contributed by atoms with E-state index in [1.54, 1.807) is 22.7 Å². The first-order chi connectivity index (χ1) is 10.6. The van der Waals surface area contributed by atoms with Crippen LogP contribution in [0, 0.1) is 6.92 Å². The normalized spacial score (nSPS) is 10.9. The fourth-order valence-electron chi connectivity index (χ4n) is 2.54. The first kappa shape index (κ1) is 14.6. The summed E-state index contributed by atoms with van der Waals surface area (Å²) in [5.41, 5.74) is 3.80. The first-order valence-electron chi connectivity index (χ1n) is 7.13. The van der Waals surface area contributed by atoms with E-state index in [9.17, 15) is 4.79 Å². The Kier molecular flexibility index (Phi) is 3.86. The van der Waals surface area contributed by atoms with Crippen molar-refractivity contribution in [3.8, 4) is 0 Å². The second kappa shape index (κ2) is 5.81. The SMILES string of the molecule is CCc1ccccc1NC(=O)c1c(C)nc2cc(Cl)ccn12. The lowest BCUT2D eigenvalue weighted by Crippen LogP contribution is -2.16. The van der Waals surface area contributed by atoms with Gasteiger partial charge in [-0.15, -0.1) is 0 Å². The van der Waals surface area contributed by atoms with Crippen LogP contribution in [0.15, 0.2) is 42.6 Å². The van der Waals surface area contributed by atoms with E-state index in [4.69, 9.17) is 11.6 Å². The van der Waals surface area contributed by atoms with Crippen LogP contribution in [0.5, 0.6) is 0 Å². The highest BCUT2D eigenvalue weighted by molar-refractivity contribution is 6.30. The van der Waals surface area contributed by atoms with Crippen molar-refractivity contribution in [2.75, 3.05) is 5.32 Å². The maximum atomic E-state index is 12.7. The number of imidazole rings is 1. The van der Waals surface area contributed by atoms with Gasteiger partial charge in [-0.1, -0.05) is 36.7 Å². The molecule has 0 saturated heterocycles. The Bertz CT molecular complexity index is 854. The van der Waals surface area contributed by atoms with Gasteiger partial charge in [-0.05, 0) is 31.0 Å². The molecule has 0 atom stereocenters. The van der Waals surface area contributed by atoms with Gasteiger partial charge in [-0.3, -0.25) is 9.20 Å². The third-order valence-corrected chi connectivity index (χ3v) is 3.86. The summed E-state index contributed by atoms with van der Waals surface area (Å²) >= 11 is 5.98. The minimum Gasteiger partial charge on any atom is -0.320 e. The molecule has 0 aliphatic rings. The number of aromatic nitrogens is 2. The largest absolute Gasteiger partial charge is 0.320 e. The predicted octanol–water partition coefficient (Wildman–Crippen LogP) is 4.11. The molecule has 0 aliphatic heterocycles. The summed E-state index contributed by atoms with van der Waals surface area (Å²) in [6, 6.07) is 11.3. The number of carbonyl (C=O) groups excluding carboxylic acids is 1. The molecule has 0 bridgehead atoms. The zero-order chi connectivity index (χ0) is 15.7. The van der Waals surface area contributed by atoms with E-state index in [-0.39, 0.29) is 5.91 Å². The Labute approximate surface area is 133 Å². The van der Waals surface area contributed by atoms with Gasteiger partial charge in [0.1, 0.15) is 11.3 Å². The number of hydrogen-bond acceptors (Lipinski definition) is 2. The molecule has 4 nitrogen and oxygen atoms in total. The quantitative estimate of drug-likeness (QED) is 0.791. The summed E-state index contributed by atoms with van der Waals surface area (Å²) in [5, 5.41) is 3.58. The van der Waals surface area contributed by atoms with E-state index in [0.717, 1.165) is 17.7 Å². The van der Waals surface area contributed by atoms with Crippen LogP contribution in [0.25, 0.3) is 5.65 Å². The highest BCUT2D eigenvalue weighted by atomic mass is 35.5. The molecule has 2 aromatic heterocycles. The van der Waals surface area contributed by atoms with Crippen molar-refractivity contribution in [1.82, 2.24) is 9.38 Å². The van der Waals surface area contributed by atoms with Gasteiger partial charge in [0.25, 0.3) is 5.91 Å². The monoisotopic (exact) mass is 313 g/mol. The van der Waals surface area contributed by atoms with E-state index in [0.29, 0.717) is 22.1 Å². The molecule has 0 aliphatic carbocycles. The topological polar surface area (TPSA) is 46.4 Å². The molecule has 0 unspecified atom stereocenters. The number of amides is 1. The third-order valence-electron chi connectivity index (χ3n) is 3.62. The van der Waals surface area contributed by atoms with Gasteiger partial charge in [0.15, 0.2) is 0 Å². The van der Waals surface area contributed by atoms with Gasteiger partial charge < -0.3 is 5.32 Å². The molecular weight excluding hydrogens is 298 g/mol. The molecule has 5 heteroatoms. The van der Waals surface area contributed by atoms with E-state index in [2.05, 4.69) is 17.2 Å². The number of nitrogens with one attached hydrogen (secondary N) is 1. The number of rotatable bonds is 3. The van der Waals surface area contributed by atoms with Gasteiger partial charge in [0, 0.05) is 23.0 Å². The van der Waals surface area contributed by atoms with Crippen LogP contribution in [0.4, 0.5) is 5.69 Å². The Hall–Kier alpha value is -2.33. The number of carbonyl (C=O) groups is 1. The summed E-state index contributed by atoms with van der Waals surface area (Å²) in [5.74, 6) is -0.173. The number of para-hydroxylation sites is 1. The van der Waals surface area contributed by atoms with Crippen LogP contribution in [0.3, 0.4) is 0 Å². The zero-order valence-corrected chi connectivity index (χ0v) is 13.2. The number of nitrogens with zero attached hydrogens (tertiary/aromatic N) is 2. The van der Waals surface area contributed by atoms with Crippen molar-refractivity contribution < 1.29 is 4.79 Å². The molecule has 1 amide bonds. The lowest BCUT2D eigenvalue weighted by atomic mass is 10.1. The first-order valence-corrected chi connectivity index (χ1v) is 7.51. The van der Waals surface area contributed by atoms with Crippen molar-refractivity contribution in [3.63, 3.8) is 0 Å². The molecule has 2 heterocycles. The highest BCUT2D eigenvalue weighted by Crippen LogP contribution is 2.20. The van der Waals surface area contributed by atoms with Crippen LogP contribution in [0.1, 0.15) is 28.7 Å². The highest BCUT2D eigenvalue weighted by Gasteiger charge is 2.17. The minimum atomic E-state index is -0.173. The second-order valence-corrected chi connectivity index (χ2v) is 5.52. The van der Waals surface area contributed by atoms with Gasteiger partial charge in [0.2, 0.25) is 0 Å². The second-order valence-electron chi connectivity index (χ2n) is 5.08. The number of aryl methyl sites for hydroxylation is 2. The zero-order valence-electron chi connectivity index (χ0n) is 12.4. The van der Waals surface area contributed by atoms with Crippen LogP contribution in [0.2, 0.25) is 5.02 Å². The number of hydrogen-bond donors (Lipinski definition) is 1. The maximum Gasteiger partial charge on any atom is 0.274 e. The van der Waals surface area contributed by atoms with E-state index < -0.39 is 0 Å². The molecule has 0 radical (unpaired) electrons. The average molecular weight is 314 g/mol. The molecule has 0 fully saturated rings. The molecule has 3 rings (SSSR count). The summed E-state index contributed by atoms with van der Waals surface area (Å²) in [7, 11) is 0. The van der Waals surface area contributed by atoms with Crippen LogP contribution in [-0.2, 0) is 6.42 Å². The number of anilines is 1. The molecule has 112 valence electrons. The van der Waals surface area contributed by atoms with E-state index >= 15 is 0 Å². The lowest BCUT2D eigenvalue weighted by molar-refractivity contribution is 0.102. The van der Waals surface area contributed by atoms with Crippen LogP contribution < -0.4 is 5.32 Å². The van der Waals surface area contributed by atoms with E-state index in [1.165, 1.54) is 0 Å². The standard InChI is InChI=1S/C17H16ClN3O/c1-3-12-6-4-5-7-14(12)20-17(22)16-11(2)19-15-10-13(18)8-9-21(15)16/h4-10H,3H2,1-2H3,(H,20,22). The fourth-order valence-corrected chi connectivity index (χ4v) is 2.70. The fraction of sp³-hybridized carbons (Fsp3) is 0.176. The van der Waals surface area contributed by atoms with E-state index in [1.807, 2.05) is 31.2 Å². The Morgan fingerprint density at radius 2 is 2.09 bits per heavy atom. The Morgan fingerprint density at radius 1 is 1.32 bits per heavy atom. The van der Waals surface area contributed by atoms with Crippen molar-refractivity contribution in [2.45, 2.75) is 20.3 Å². The number of benzene rings is 1. The van der Waals surface area contributed by atoms with Gasteiger partial charge in [-0.2, -0.15) is 0 Å². The summed E-state index contributed by atoms with van der Waals surface area (Å²) < 4.78 is 1.76. The number of halogens is 1. The third kappa shape index (κ3) is 2.57. The maximum absolute atomic E-state index is 12.7. The molecule has 22 heavy (non-hydrogen) atoms. The van der Waals surface area contributed by atoms with Gasteiger partial charge in [-0.25, -0.2) is 4.98 Å². The van der Waals surface area contributed by atoms with Crippen LogP contribution in [-0.4, -0.2) is 15.3 Å². The number of fused-ring (bicyclic) bond motifs is 1. The smallest absolute Gasteiger partial charge is 0.274 e. The molecular formula is C17H16ClN3O. The average Bonchev–Trinajstić information content (AvgIpc) is 2.82. The molecule has 3 aromatic rings. The van der Waals surface area contributed by atoms with Gasteiger partial charge >= 0.3 is 0 Å². The van der Waals surface area contributed by atoms with Crippen molar-refractivity contribution >= 4 is 28.8 Å². The summed E-state index contributed by atoms with van der Waals surface area (Å²) in [4.78, 5) is 17.1. The van der Waals surface area contributed by atoms with Crippen molar-refractivity contribution in [2.24, 2.45) is 0 Å². The summed E-state index contributed by atoms with van der Waals surface area (Å²) in [6.45, 7) is 3.88. The molecule has 0 saturated carbocycles. The van der Waals surface area contributed by atoms with Crippen LogP contribution >= 0.6 is 11.6 Å². The lowest BCUT2D eigenvalue weighted by Gasteiger charge is -2.10. The Balaban J connectivity index is 2.00.